The number of carbonyl (C=O) groups is 2. The predicted octanol–water partition coefficient (Wildman–Crippen LogP) is 4.96. The zero-order valence-corrected chi connectivity index (χ0v) is 18.8. The minimum Gasteiger partial charge on any atom is -0.507 e. The highest BCUT2D eigenvalue weighted by Gasteiger charge is 2.46. The van der Waals surface area contributed by atoms with E-state index in [0.29, 0.717) is 34.5 Å². The van der Waals surface area contributed by atoms with Crippen molar-refractivity contribution < 1.29 is 28.6 Å². The van der Waals surface area contributed by atoms with E-state index in [1.165, 1.54) is 24.3 Å². The Morgan fingerprint density at radius 2 is 1.97 bits per heavy atom. The van der Waals surface area contributed by atoms with Crippen LogP contribution in [0, 0.1) is 0 Å². The number of furan rings is 1. The van der Waals surface area contributed by atoms with Gasteiger partial charge in [-0.05, 0) is 55.0 Å². The third-order valence-corrected chi connectivity index (χ3v) is 5.58. The fourth-order valence-electron chi connectivity index (χ4n) is 3.91. The molecule has 0 saturated carbocycles. The molecule has 8 heteroatoms. The third kappa shape index (κ3) is 4.32. The number of rotatable bonds is 7. The number of likely N-dealkylation sites (tertiary alicyclic amines) is 1. The molecule has 2 aromatic carbocycles. The Morgan fingerprint density at radius 1 is 1.15 bits per heavy atom. The van der Waals surface area contributed by atoms with E-state index in [9.17, 15) is 14.7 Å². The molecule has 1 aromatic heterocycles. The van der Waals surface area contributed by atoms with E-state index in [0.717, 1.165) is 0 Å². The maximum atomic E-state index is 13.2. The number of hydrogen-bond acceptors (Lipinski definition) is 6. The molecule has 0 bridgehead atoms. The van der Waals surface area contributed by atoms with E-state index >= 15 is 0 Å². The minimum absolute atomic E-state index is 0.0462. The van der Waals surface area contributed by atoms with Gasteiger partial charge in [0.1, 0.15) is 23.0 Å². The van der Waals surface area contributed by atoms with Crippen LogP contribution in [0.2, 0.25) is 5.02 Å². The number of aliphatic hydroxyl groups is 1. The Morgan fingerprint density at radius 3 is 2.67 bits per heavy atom. The SMILES string of the molecule is CCOc1cccc(C2/C(=C(\O)c3cc(Cl)ccc3OC)C(=O)C(=O)N2Cc2ccco2)c1. The van der Waals surface area contributed by atoms with Crippen LogP contribution in [-0.4, -0.2) is 35.4 Å². The van der Waals surface area contributed by atoms with E-state index < -0.39 is 17.7 Å². The van der Waals surface area contributed by atoms with Crippen LogP contribution in [0.3, 0.4) is 0 Å². The van der Waals surface area contributed by atoms with Crippen LogP contribution in [0.4, 0.5) is 0 Å². The van der Waals surface area contributed by atoms with Crippen molar-refractivity contribution in [2.75, 3.05) is 13.7 Å². The predicted molar refractivity (Wildman–Crippen MR) is 122 cm³/mol. The molecule has 170 valence electrons. The van der Waals surface area contributed by atoms with Crippen LogP contribution in [0.15, 0.2) is 70.9 Å². The van der Waals surface area contributed by atoms with Gasteiger partial charge in [-0.25, -0.2) is 0 Å². The summed E-state index contributed by atoms with van der Waals surface area (Å²) in [5, 5.41) is 11.6. The first-order valence-corrected chi connectivity index (χ1v) is 10.7. The number of benzene rings is 2. The largest absolute Gasteiger partial charge is 0.507 e. The van der Waals surface area contributed by atoms with Crippen molar-refractivity contribution >= 4 is 29.1 Å². The molecule has 1 aliphatic rings. The molecule has 1 N–H and O–H groups in total. The molecule has 1 fully saturated rings. The summed E-state index contributed by atoms with van der Waals surface area (Å²) >= 11 is 6.14. The first kappa shape index (κ1) is 22.5. The van der Waals surface area contributed by atoms with Gasteiger partial charge in [0.2, 0.25) is 0 Å². The van der Waals surface area contributed by atoms with Crippen LogP contribution in [0.5, 0.6) is 11.5 Å². The zero-order valence-electron chi connectivity index (χ0n) is 18.1. The van der Waals surface area contributed by atoms with Gasteiger partial charge in [0.15, 0.2) is 0 Å². The van der Waals surface area contributed by atoms with Crippen molar-refractivity contribution in [3.8, 4) is 11.5 Å². The standard InChI is InChI=1S/C25H22ClNO6/c1-3-32-17-7-4-6-15(12-17)22-21(23(28)19-13-16(26)9-10-20(19)31-2)24(29)25(30)27(22)14-18-8-5-11-33-18/h4-13,22,28H,3,14H2,1-2H3/b23-21+. The van der Waals surface area contributed by atoms with E-state index in [4.69, 9.17) is 25.5 Å². The van der Waals surface area contributed by atoms with Gasteiger partial charge in [-0.3, -0.25) is 9.59 Å². The van der Waals surface area contributed by atoms with Crippen LogP contribution in [0.1, 0.15) is 29.9 Å². The molecule has 0 spiro atoms. The van der Waals surface area contributed by atoms with Gasteiger partial charge in [0.25, 0.3) is 11.7 Å². The van der Waals surface area contributed by atoms with Crippen molar-refractivity contribution in [1.29, 1.82) is 0 Å². The van der Waals surface area contributed by atoms with Crippen LogP contribution < -0.4 is 9.47 Å². The van der Waals surface area contributed by atoms with Crippen molar-refractivity contribution in [3.63, 3.8) is 0 Å². The van der Waals surface area contributed by atoms with Crippen molar-refractivity contribution in [2.24, 2.45) is 0 Å². The highest BCUT2D eigenvalue weighted by atomic mass is 35.5. The molecule has 1 atom stereocenters. The lowest BCUT2D eigenvalue weighted by atomic mass is 9.94. The Bertz CT molecular complexity index is 1220. The number of ketones is 1. The molecule has 1 saturated heterocycles. The lowest BCUT2D eigenvalue weighted by Gasteiger charge is -2.25. The van der Waals surface area contributed by atoms with Gasteiger partial charge in [-0.15, -0.1) is 0 Å². The molecule has 1 amide bonds. The van der Waals surface area contributed by atoms with Gasteiger partial charge in [-0.2, -0.15) is 0 Å². The second-order valence-electron chi connectivity index (χ2n) is 7.36. The van der Waals surface area contributed by atoms with E-state index in [2.05, 4.69) is 0 Å². The number of hydrogen-bond donors (Lipinski definition) is 1. The summed E-state index contributed by atoms with van der Waals surface area (Å²) in [5.74, 6) is -0.534. The van der Waals surface area contributed by atoms with Crippen LogP contribution in [-0.2, 0) is 16.1 Å². The molecule has 1 aliphatic heterocycles. The Labute approximate surface area is 195 Å². The first-order chi connectivity index (χ1) is 15.9. The highest BCUT2D eigenvalue weighted by Crippen LogP contribution is 2.42. The lowest BCUT2D eigenvalue weighted by Crippen LogP contribution is -2.29. The second-order valence-corrected chi connectivity index (χ2v) is 7.79. The maximum Gasteiger partial charge on any atom is 0.296 e. The molecular formula is C25H22ClNO6. The molecule has 3 aromatic rings. The monoisotopic (exact) mass is 467 g/mol. The molecule has 0 aliphatic carbocycles. The zero-order chi connectivity index (χ0) is 23.5. The summed E-state index contributed by atoms with van der Waals surface area (Å²) in [4.78, 5) is 27.7. The minimum atomic E-state index is -0.876. The normalized spacial score (nSPS) is 17.4. The third-order valence-electron chi connectivity index (χ3n) is 5.35. The number of Topliss-reactive ketones (excluding diaryl/α,β-unsaturated/α-hetero) is 1. The number of aliphatic hydroxyl groups excluding tert-OH is 1. The molecule has 0 radical (unpaired) electrons. The number of nitrogens with zero attached hydrogens (tertiary/aromatic N) is 1. The van der Waals surface area contributed by atoms with Crippen LogP contribution in [0.25, 0.3) is 5.76 Å². The number of carbonyl (C=O) groups excluding carboxylic acids is 2. The smallest absolute Gasteiger partial charge is 0.296 e. The number of amides is 1. The van der Waals surface area contributed by atoms with Crippen LogP contribution >= 0.6 is 11.6 Å². The number of ether oxygens (including phenoxy) is 2. The average molecular weight is 468 g/mol. The van der Waals surface area contributed by atoms with Gasteiger partial charge in [0.05, 0.1) is 43.7 Å². The molecule has 2 heterocycles. The summed E-state index contributed by atoms with van der Waals surface area (Å²) in [6.07, 6.45) is 1.49. The summed E-state index contributed by atoms with van der Waals surface area (Å²) in [7, 11) is 1.44. The Balaban J connectivity index is 1.91. The van der Waals surface area contributed by atoms with Gasteiger partial charge < -0.3 is 23.9 Å². The molecule has 33 heavy (non-hydrogen) atoms. The van der Waals surface area contributed by atoms with Gasteiger partial charge in [0, 0.05) is 5.02 Å². The number of methoxy groups -OCH3 is 1. The summed E-state index contributed by atoms with van der Waals surface area (Å²) < 4.78 is 16.4. The fourth-order valence-corrected chi connectivity index (χ4v) is 4.08. The summed E-state index contributed by atoms with van der Waals surface area (Å²) in [6.45, 7) is 2.36. The van der Waals surface area contributed by atoms with Crippen molar-refractivity contribution in [2.45, 2.75) is 19.5 Å². The van der Waals surface area contributed by atoms with E-state index in [-0.39, 0.29) is 23.4 Å². The van der Waals surface area contributed by atoms with E-state index in [1.54, 1.807) is 48.5 Å². The van der Waals surface area contributed by atoms with E-state index in [1.807, 2.05) is 6.92 Å². The van der Waals surface area contributed by atoms with Gasteiger partial charge in [-0.1, -0.05) is 23.7 Å². The molecular weight excluding hydrogens is 446 g/mol. The maximum absolute atomic E-state index is 13.2. The first-order valence-electron chi connectivity index (χ1n) is 10.3. The second kappa shape index (κ2) is 9.42. The quantitative estimate of drug-likeness (QED) is 0.300. The summed E-state index contributed by atoms with van der Waals surface area (Å²) in [5.41, 5.74) is 0.752. The molecule has 1 unspecified atom stereocenters. The van der Waals surface area contributed by atoms with Crippen molar-refractivity contribution in [3.05, 3.63) is 88.3 Å². The number of halogens is 1. The molecule has 7 nitrogen and oxygen atoms in total. The fraction of sp³-hybridized carbons (Fsp3) is 0.200. The van der Waals surface area contributed by atoms with Gasteiger partial charge >= 0.3 is 0 Å². The summed E-state index contributed by atoms with van der Waals surface area (Å²) in [6, 6.07) is 14.3. The Hall–Kier alpha value is -3.71. The molecule has 4 rings (SSSR count). The lowest BCUT2D eigenvalue weighted by molar-refractivity contribution is -0.140. The highest BCUT2D eigenvalue weighted by molar-refractivity contribution is 6.46. The Kier molecular flexibility index (Phi) is 6.42. The van der Waals surface area contributed by atoms with Crippen molar-refractivity contribution in [1.82, 2.24) is 4.90 Å². The average Bonchev–Trinajstić information content (AvgIpc) is 3.41. The topological polar surface area (TPSA) is 89.2 Å².